The number of hydrogen-bond donors (Lipinski definition) is 1. The van der Waals surface area contributed by atoms with Crippen LogP contribution < -0.4 is 0 Å². The molecule has 3 rings (SSSR count). The highest BCUT2D eigenvalue weighted by Gasteiger charge is 2.22. The summed E-state index contributed by atoms with van der Waals surface area (Å²) in [6.07, 6.45) is 1.12. The minimum Gasteiger partial charge on any atom is -0.467 e. The summed E-state index contributed by atoms with van der Waals surface area (Å²) in [6.45, 7) is 8.10. The molecule has 0 aliphatic carbocycles. The largest absolute Gasteiger partial charge is 0.467 e. The van der Waals surface area contributed by atoms with Crippen LogP contribution in [0.3, 0.4) is 0 Å². The van der Waals surface area contributed by atoms with Gasteiger partial charge in [0.05, 0.1) is 31.2 Å². The van der Waals surface area contributed by atoms with Gasteiger partial charge in [-0.15, -0.1) is 0 Å². The van der Waals surface area contributed by atoms with Crippen LogP contribution in [0.25, 0.3) is 0 Å². The average molecular weight is 305 g/mol. The Morgan fingerprint density at radius 1 is 1.41 bits per heavy atom. The van der Waals surface area contributed by atoms with Crippen molar-refractivity contribution in [3.8, 4) is 0 Å². The number of aliphatic hydroxyl groups is 1. The highest BCUT2D eigenvalue weighted by atomic mass is 16.5. The van der Waals surface area contributed by atoms with Crippen LogP contribution in [-0.2, 0) is 24.4 Å². The topological polar surface area (TPSA) is 63.7 Å². The Morgan fingerprint density at radius 3 is 3.05 bits per heavy atom. The molecule has 2 aromatic heterocycles. The molecule has 1 atom stereocenters. The number of fused-ring (bicyclic) bond motifs is 1. The number of imidazole rings is 1. The maximum absolute atomic E-state index is 10.1. The summed E-state index contributed by atoms with van der Waals surface area (Å²) in [6, 6.07) is 3.69. The lowest BCUT2D eigenvalue weighted by Crippen LogP contribution is -2.40. The van der Waals surface area contributed by atoms with Crippen LogP contribution in [0.1, 0.15) is 23.0 Å². The number of β-amino-alcohol motifs (C(OH)–C–C–N with tert-alkyl or cyclic N) is 1. The molecule has 0 saturated carbocycles. The van der Waals surface area contributed by atoms with Crippen molar-refractivity contribution >= 4 is 0 Å². The van der Waals surface area contributed by atoms with Crippen LogP contribution in [0.2, 0.25) is 0 Å². The second kappa shape index (κ2) is 6.64. The molecular weight excluding hydrogens is 282 g/mol. The predicted molar refractivity (Wildman–Crippen MR) is 81.3 cm³/mol. The third-order valence-electron chi connectivity index (χ3n) is 4.15. The average Bonchev–Trinajstić information content (AvgIpc) is 3.08. The molecule has 0 radical (unpaired) electrons. The van der Waals surface area contributed by atoms with E-state index >= 15 is 0 Å². The van der Waals surface area contributed by atoms with E-state index < -0.39 is 6.10 Å². The SMILES string of the molecule is Cc1nc2n(c1C)CCN(C[C@@H](O)COCc1ccco1)C2. The maximum Gasteiger partial charge on any atom is 0.129 e. The molecule has 0 spiro atoms. The van der Waals surface area contributed by atoms with Gasteiger partial charge >= 0.3 is 0 Å². The summed E-state index contributed by atoms with van der Waals surface area (Å²) in [5, 5.41) is 10.1. The zero-order valence-corrected chi connectivity index (χ0v) is 13.2. The van der Waals surface area contributed by atoms with Gasteiger partial charge in [0, 0.05) is 25.3 Å². The van der Waals surface area contributed by atoms with Crippen molar-refractivity contribution in [2.75, 3.05) is 19.7 Å². The molecule has 6 heteroatoms. The third kappa shape index (κ3) is 3.40. The third-order valence-corrected chi connectivity index (χ3v) is 4.15. The minimum atomic E-state index is -0.501. The molecule has 6 nitrogen and oxygen atoms in total. The Morgan fingerprint density at radius 2 is 2.27 bits per heavy atom. The summed E-state index contributed by atoms with van der Waals surface area (Å²) in [5.41, 5.74) is 2.34. The van der Waals surface area contributed by atoms with Crippen molar-refractivity contribution in [2.24, 2.45) is 0 Å². The number of nitrogens with zero attached hydrogens (tertiary/aromatic N) is 3. The zero-order valence-electron chi connectivity index (χ0n) is 13.2. The predicted octanol–water partition coefficient (Wildman–Crippen LogP) is 1.49. The molecule has 120 valence electrons. The number of furan rings is 1. The summed E-state index contributed by atoms with van der Waals surface area (Å²) < 4.78 is 12.9. The van der Waals surface area contributed by atoms with Crippen LogP contribution in [0, 0.1) is 13.8 Å². The van der Waals surface area contributed by atoms with Gasteiger partial charge in [0.1, 0.15) is 18.2 Å². The van der Waals surface area contributed by atoms with Gasteiger partial charge in [-0.3, -0.25) is 4.90 Å². The first kappa shape index (κ1) is 15.3. The van der Waals surface area contributed by atoms with E-state index in [4.69, 9.17) is 9.15 Å². The fourth-order valence-corrected chi connectivity index (χ4v) is 2.86. The molecule has 0 bridgehead atoms. The summed E-state index contributed by atoms with van der Waals surface area (Å²) in [4.78, 5) is 6.82. The Labute approximate surface area is 130 Å². The van der Waals surface area contributed by atoms with E-state index in [-0.39, 0.29) is 0 Å². The van der Waals surface area contributed by atoms with Crippen LogP contribution >= 0.6 is 0 Å². The van der Waals surface area contributed by atoms with E-state index in [1.165, 1.54) is 5.69 Å². The molecule has 0 unspecified atom stereocenters. The van der Waals surface area contributed by atoms with Crippen molar-refractivity contribution in [3.05, 3.63) is 41.4 Å². The second-order valence-corrected chi connectivity index (χ2v) is 5.83. The van der Waals surface area contributed by atoms with E-state index in [2.05, 4.69) is 21.4 Å². The van der Waals surface area contributed by atoms with Gasteiger partial charge in [-0.2, -0.15) is 0 Å². The van der Waals surface area contributed by atoms with Gasteiger partial charge in [0.25, 0.3) is 0 Å². The first-order valence-corrected chi connectivity index (χ1v) is 7.66. The van der Waals surface area contributed by atoms with E-state index in [0.717, 1.165) is 36.9 Å². The summed E-state index contributed by atoms with van der Waals surface area (Å²) in [7, 11) is 0. The lowest BCUT2D eigenvalue weighted by atomic mass is 10.3. The van der Waals surface area contributed by atoms with Gasteiger partial charge in [0.15, 0.2) is 0 Å². The first-order valence-electron chi connectivity index (χ1n) is 7.66. The quantitative estimate of drug-likeness (QED) is 0.876. The van der Waals surface area contributed by atoms with Gasteiger partial charge < -0.3 is 18.8 Å². The fraction of sp³-hybridized carbons (Fsp3) is 0.562. The molecule has 0 fully saturated rings. The number of hydrogen-bond acceptors (Lipinski definition) is 5. The van der Waals surface area contributed by atoms with Crippen molar-refractivity contribution < 1.29 is 14.3 Å². The van der Waals surface area contributed by atoms with Gasteiger partial charge in [0.2, 0.25) is 0 Å². The standard InChI is InChI=1S/C16H23N3O3/c1-12-13(2)19-6-5-18(9-16(19)17-12)8-14(20)10-21-11-15-4-3-7-22-15/h3-4,7,14,20H,5-6,8-11H2,1-2H3/t14-/m1/s1. The van der Waals surface area contributed by atoms with E-state index in [0.29, 0.717) is 19.8 Å². The van der Waals surface area contributed by atoms with E-state index in [1.54, 1.807) is 6.26 Å². The molecule has 1 N–H and O–H groups in total. The Bertz CT molecular complexity index is 606. The number of aliphatic hydroxyl groups excluding tert-OH is 1. The first-order chi connectivity index (χ1) is 10.6. The van der Waals surface area contributed by atoms with Gasteiger partial charge in [-0.05, 0) is 26.0 Å². The Hall–Kier alpha value is -1.63. The molecule has 1 aliphatic heterocycles. The molecule has 2 aromatic rings. The molecule has 1 aliphatic rings. The smallest absolute Gasteiger partial charge is 0.129 e. The van der Waals surface area contributed by atoms with Crippen LogP contribution in [0.5, 0.6) is 0 Å². The highest BCUT2D eigenvalue weighted by molar-refractivity contribution is 5.15. The van der Waals surface area contributed by atoms with Crippen LogP contribution in [-0.4, -0.2) is 45.4 Å². The van der Waals surface area contributed by atoms with Gasteiger partial charge in [-0.25, -0.2) is 4.98 Å². The summed E-state index contributed by atoms with van der Waals surface area (Å²) in [5.74, 6) is 1.86. The molecule has 0 amide bonds. The normalized spacial score (nSPS) is 16.7. The highest BCUT2D eigenvalue weighted by Crippen LogP contribution is 2.17. The number of aromatic nitrogens is 2. The lowest BCUT2D eigenvalue weighted by Gasteiger charge is -2.29. The van der Waals surface area contributed by atoms with Crippen molar-refractivity contribution in [1.29, 1.82) is 0 Å². The van der Waals surface area contributed by atoms with Crippen molar-refractivity contribution in [2.45, 2.75) is 39.6 Å². The Balaban J connectivity index is 1.45. The maximum atomic E-state index is 10.1. The van der Waals surface area contributed by atoms with E-state index in [1.807, 2.05) is 19.1 Å². The number of aryl methyl sites for hydroxylation is 1. The van der Waals surface area contributed by atoms with Crippen LogP contribution in [0.15, 0.2) is 22.8 Å². The van der Waals surface area contributed by atoms with Crippen molar-refractivity contribution in [1.82, 2.24) is 14.5 Å². The minimum absolute atomic E-state index is 0.309. The zero-order chi connectivity index (χ0) is 15.5. The molecule has 0 aromatic carbocycles. The van der Waals surface area contributed by atoms with Crippen LogP contribution in [0.4, 0.5) is 0 Å². The molecule has 0 saturated heterocycles. The number of rotatable bonds is 6. The molecule has 3 heterocycles. The second-order valence-electron chi connectivity index (χ2n) is 5.83. The molecule has 22 heavy (non-hydrogen) atoms. The number of ether oxygens (including phenoxy) is 1. The van der Waals surface area contributed by atoms with E-state index in [9.17, 15) is 5.11 Å². The summed E-state index contributed by atoms with van der Waals surface area (Å²) >= 11 is 0. The Kier molecular flexibility index (Phi) is 4.61. The fourth-order valence-electron chi connectivity index (χ4n) is 2.86. The molecular formula is C16H23N3O3. The lowest BCUT2D eigenvalue weighted by molar-refractivity contribution is 0.000939. The monoisotopic (exact) mass is 305 g/mol. The van der Waals surface area contributed by atoms with Gasteiger partial charge in [-0.1, -0.05) is 0 Å². The van der Waals surface area contributed by atoms with Crippen molar-refractivity contribution in [3.63, 3.8) is 0 Å².